The standard InChI is InChI=1S/C10H21N3O3/c1-10(14)13(6-4-11-8-15-2)7-5-12-9-16-3/h8,12H,4-7,9H2,1-3H3. The molecular formula is C10H21N3O3. The largest absolute Gasteiger partial charge is 0.487 e. The van der Waals surface area contributed by atoms with Crippen molar-refractivity contribution in [1.29, 1.82) is 0 Å². The number of aliphatic imine (C=N–C) groups is 1. The Balaban J connectivity index is 3.71. The van der Waals surface area contributed by atoms with Gasteiger partial charge in [0.2, 0.25) is 5.91 Å². The third kappa shape index (κ3) is 8.19. The van der Waals surface area contributed by atoms with Crippen molar-refractivity contribution in [3.05, 3.63) is 0 Å². The summed E-state index contributed by atoms with van der Waals surface area (Å²) in [6, 6.07) is 0. The zero-order valence-electron chi connectivity index (χ0n) is 10.2. The lowest BCUT2D eigenvalue weighted by Crippen LogP contribution is -2.37. The van der Waals surface area contributed by atoms with Gasteiger partial charge in [0, 0.05) is 33.7 Å². The second kappa shape index (κ2) is 10.4. The van der Waals surface area contributed by atoms with Gasteiger partial charge in [0.1, 0.15) is 0 Å². The molecule has 0 aromatic heterocycles. The van der Waals surface area contributed by atoms with E-state index in [4.69, 9.17) is 4.74 Å². The normalized spacial score (nSPS) is 10.7. The van der Waals surface area contributed by atoms with Crippen molar-refractivity contribution in [2.75, 3.05) is 47.1 Å². The highest BCUT2D eigenvalue weighted by atomic mass is 16.5. The number of rotatable bonds is 9. The Labute approximate surface area is 96.6 Å². The first-order chi connectivity index (χ1) is 7.72. The van der Waals surface area contributed by atoms with Crippen molar-refractivity contribution in [2.45, 2.75) is 6.92 Å². The smallest absolute Gasteiger partial charge is 0.219 e. The van der Waals surface area contributed by atoms with Gasteiger partial charge in [0.15, 0.2) is 6.40 Å². The van der Waals surface area contributed by atoms with E-state index in [9.17, 15) is 4.79 Å². The van der Waals surface area contributed by atoms with Crippen molar-refractivity contribution >= 4 is 12.3 Å². The van der Waals surface area contributed by atoms with Gasteiger partial charge in [-0.3, -0.25) is 15.1 Å². The third-order valence-corrected chi connectivity index (χ3v) is 1.93. The summed E-state index contributed by atoms with van der Waals surface area (Å²) in [6.45, 7) is 4.56. The van der Waals surface area contributed by atoms with Gasteiger partial charge in [0.25, 0.3) is 0 Å². The minimum atomic E-state index is 0.0480. The Morgan fingerprint density at radius 1 is 1.44 bits per heavy atom. The maximum atomic E-state index is 11.3. The van der Waals surface area contributed by atoms with Crippen molar-refractivity contribution in [1.82, 2.24) is 10.2 Å². The lowest BCUT2D eigenvalue weighted by atomic mass is 10.4. The molecule has 6 nitrogen and oxygen atoms in total. The number of methoxy groups -OCH3 is 2. The highest BCUT2D eigenvalue weighted by Crippen LogP contribution is 1.89. The summed E-state index contributed by atoms with van der Waals surface area (Å²) in [4.78, 5) is 17.0. The number of nitrogens with zero attached hydrogens (tertiary/aromatic N) is 2. The molecule has 16 heavy (non-hydrogen) atoms. The van der Waals surface area contributed by atoms with E-state index in [1.807, 2.05) is 0 Å². The molecule has 0 aromatic rings. The molecule has 0 spiro atoms. The van der Waals surface area contributed by atoms with E-state index in [-0.39, 0.29) is 5.91 Å². The van der Waals surface area contributed by atoms with Gasteiger partial charge in [-0.15, -0.1) is 0 Å². The van der Waals surface area contributed by atoms with Gasteiger partial charge in [-0.25, -0.2) is 0 Å². The second-order valence-corrected chi connectivity index (χ2v) is 3.19. The molecule has 0 bridgehead atoms. The monoisotopic (exact) mass is 231 g/mol. The maximum Gasteiger partial charge on any atom is 0.219 e. The number of carbonyl (C=O) groups excluding carboxylic acids is 1. The van der Waals surface area contributed by atoms with Gasteiger partial charge < -0.3 is 14.4 Å². The van der Waals surface area contributed by atoms with Crippen molar-refractivity contribution in [3.8, 4) is 0 Å². The van der Waals surface area contributed by atoms with Crippen LogP contribution in [0.2, 0.25) is 0 Å². The summed E-state index contributed by atoms with van der Waals surface area (Å²) < 4.78 is 9.52. The van der Waals surface area contributed by atoms with Gasteiger partial charge in [-0.2, -0.15) is 0 Å². The number of ether oxygens (including phenoxy) is 2. The minimum Gasteiger partial charge on any atom is -0.487 e. The van der Waals surface area contributed by atoms with Crippen LogP contribution in [0.1, 0.15) is 6.92 Å². The summed E-state index contributed by atoms with van der Waals surface area (Å²) in [5.74, 6) is 0.0480. The highest BCUT2D eigenvalue weighted by molar-refractivity contribution is 5.73. The predicted octanol–water partition coefficient (Wildman–Crippen LogP) is -0.297. The highest BCUT2D eigenvalue weighted by Gasteiger charge is 2.06. The van der Waals surface area contributed by atoms with Gasteiger partial charge in [-0.1, -0.05) is 0 Å². The van der Waals surface area contributed by atoms with E-state index < -0.39 is 0 Å². The van der Waals surface area contributed by atoms with Crippen LogP contribution in [0.4, 0.5) is 0 Å². The summed E-state index contributed by atoms with van der Waals surface area (Å²) in [5.41, 5.74) is 0. The van der Waals surface area contributed by atoms with Gasteiger partial charge in [0.05, 0.1) is 20.4 Å². The molecule has 6 heteroatoms. The first-order valence-electron chi connectivity index (χ1n) is 5.18. The van der Waals surface area contributed by atoms with Crippen molar-refractivity contribution in [2.24, 2.45) is 4.99 Å². The summed E-state index contributed by atoms with van der Waals surface area (Å²) in [7, 11) is 3.16. The van der Waals surface area contributed by atoms with Crippen LogP contribution < -0.4 is 5.32 Å². The Kier molecular flexibility index (Phi) is 9.64. The number of carbonyl (C=O) groups is 1. The predicted molar refractivity (Wildman–Crippen MR) is 62.5 cm³/mol. The zero-order valence-corrected chi connectivity index (χ0v) is 10.2. The average Bonchev–Trinajstić information content (AvgIpc) is 2.26. The molecule has 0 aliphatic carbocycles. The van der Waals surface area contributed by atoms with Crippen LogP contribution in [-0.2, 0) is 14.3 Å². The molecule has 0 fully saturated rings. The molecule has 0 saturated heterocycles. The van der Waals surface area contributed by atoms with E-state index in [1.165, 1.54) is 6.40 Å². The first kappa shape index (κ1) is 14.9. The maximum absolute atomic E-state index is 11.3. The fraction of sp³-hybridized carbons (Fsp3) is 0.800. The molecule has 1 amide bonds. The Morgan fingerprint density at radius 3 is 2.75 bits per heavy atom. The van der Waals surface area contributed by atoms with E-state index in [0.29, 0.717) is 32.9 Å². The van der Waals surface area contributed by atoms with Crippen molar-refractivity contribution in [3.63, 3.8) is 0 Å². The van der Waals surface area contributed by atoms with Crippen LogP contribution in [0, 0.1) is 0 Å². The molecule has 0 radical (unpaired) electrons. The molecular weight excluding hydrogens is 210 g/mol. The van der Waals surface area contributed by atoms with E-state index in [1.54, 1.807) is 26.0 Å². The van der Waals surface area contributed by atoms with E-state index >= 15 is 0 Å². The summed E-state index contributed by atoms with van der Waals surface area (Å²) >= 11 is 0. The van der Waals surface area contributed by atoms with Crippen LogP contribution in [0.5, 0.6) is 0 Å². The topological polar surface area (TPSA) is 63.2 Å². The lowest BCUT2D eigenvalue weighted by molar-refractivity contribution is -0.128. The fourth-order valence-electron chi connectivity index (χ4n) is 1.12. The number of hydrogen-bond donors (Lipinski definition) is 1. The Bertz CT molecular complexity index is 209. The molecule has 0 rings (SSSR count). The molecule has 0 aliphatic heterocycles. The molecule has 0 aliphatic rings. The number of nitrogens with one attached hydrogen (secondary N) is 1. The summed E-state index contributed by atoms with van der Waals surface area (Å²) in [5, 5.41) is 3.04. The van der Waals surface area contributed by atoms with Gasteiger partial charge in [-0.05, 0) is 0 Å². The average molecular weight is 231 g/mol. The quantitative estimate of drug-likeness (QED) is 0.256. The lowest BCUT2D eigenvalue weighted by Gasteiger charge is -2.20. The minimum absolute atomic E-state index is 0.0480. The Hall–Kier alpha value is -1.14. The van der Waals surface area contributed by atoms with Crippen LogP contribution in [0.3, 0.4) is 0 Å². The molecule has 0 heterocycles. The zero-order chi connectivity index (χ0) is 12.2. The first-order valence-corrected chi connectivity index (χ1v) is 5.18. The Morgan fingerprint density at radius 2 is 2.19 bits per heavy atom. The molecule has 0 unspecified atom stereocenters. The van der Waals surface area contributed by atoms with E-state index in [0.717, 1.165) is 0 Å². The molecule has 0 saturated carbocycles. The number of amides is 1. The molecule has 94 valence electrons. The fourth-order valence-corrected chi connectivity index (χ4v) is 1.12. The van der Waals surface area contributed by atoms with Crippen LogP contribution in [-0.4, -0.2) is 64.3 Å². The van der Waals surface area contributed by atoms with Gasteiger partial charge >= 0.3 is 0 Å². The SMILES string of the molecule is COC=NCCN(CCNCOC)C(C)=O. The second-order valence-electron chi connectivity index (χ2n) is 3.19. The van der Waals surface area contributed by atoms with Crippen LogP contribution >= 0.6 is 0 Å². The summed E-state index contributed by atoms with van der Waals surface area (Å²) in [6.07, 6.45) is 1.38. The molecule has 1 N–H and O–H groups in total. The third-order valence-electron chi connectivity index (χ3n) is 1.93. The molecule has 0 aromatic carbocycles. The molecule has 0 atom stereocenters. The van der Waals surface area contributed by atoms with Crippen LogP contribution in [0.15, 0.2) is 4.99 Å². The van der Waals surface area contributed by atoms with Crippen LogP contribution in [0.25, 0.3) is 0 Å². The van der Waals surface area contributed by atoms with E-state index in [2.05, 4.69) is 15.0 Å². The van der Waals surface area contributed by atoms with Crippen molar-refractivity contribution < 1.29 is 14.3 Å². The number of hydrogen-bond acceptors (Lipinski definition) is 5.